The summed E-state index contributed by atoms with van der Waals surface area (Å²) < 4.78 is 39.6. The van der Waals surface area contributed by atoms with Crippen LogP contribution in [0.15, 0.2) is 77.7 Å². The minimum Gasteiger partial charge on any atom is -0.497 e. The highest BCUT2D eigenvalue weighted by atomic mass is 35.5. The lowest BCUT2D eigenvalue weighted by Crippen LogP contribution is -2.52. The van der Waals surface area contributed by atoms with Gasteiger partial charge in [0.15, 0.2) is 0 Å². The van der Waals surface area contributed by atoms with E-state index in [9.17, 15) is 18.0 Å². The van der Waals surface area contributed by atoms with Gasteiger partial charge in [0.25, 0.3) is 10.0 Å². The molecule has 11 heteroatoms. The molecule has 0 heterocycles. The molecule has 3 rings (SSSR count). The van der Waals surface area contributed by atoms with Crippen molar-refractivity contribution < 1.29 is 27.5 Å². The molecular formula is C30H36ClN3O6S. The third kappa shape index (κ3) is 7.92. The van der Waals surface area contributed by atoms with Crippen LogP contribution in [0.3, 0.4) is 0 Å². The van der Waals surface area contributed by atoms with Crippen molar-refractivity contribution in [2.45, 2.75) is 44.2 Å². The number of hydrogen-bond acceptors (Lipinski definition) is 6. The Bertz CT molecular complexity index is 1420. The Morgan fingerprint density at radius 3 is 2.22 bits per heavy atom. The second-order valence-corrected chi connectivity index (χ2v) is 11.5. The molecule has 0 radical (unpaired) electrons. The number of nitrogens with zero attached hydrogens (tertiary/aromatic N) is 2. The van der Waals surface area contributed by atoms with Crippen LogP contribution < -0.4 is 19.1 Å². The number of hydrogen-bond donors (Lipinski definition) is 1. The van der Waals surface area contributed by atoms with Crippen LogP contribution in [-0.4, -0.2) is 58.5 Å². The fourth-order valence-electron chi connectivity index (χ4n) is 4.30. The van der Waals surface area contributed by atoms with Gasteiger partial charge in [-0.05, 0) is 60.9 Å². The topological polar surface area (TPSA) is 105 Å². The first kappa shape index (κ1) is 31.8. The summed E-state index contributed by atoms with van der Waals surface area (Å²) in [4.78, 5) is 28.7. The molecule has 1 atom stereocenters. The average molecular weight is 602 g/mol. The molecule has 3 aromatic carbocycles. The third-order valence-electron chi connectivity index (χ3n) is 6.47. The van der Waals surface area contributed by atoms with Crippen molar-refractivity contribution in [2.75, 3.05) is 31.6 Å². The highest BCUT2D eigenvalue weighted by molar-refractivity contribution is 7.92. The Hall–Kier alpha value is -3.76. The molecule has 41 heavy (non-hydrogen) atoms. The van der Waals surface area contributed by atoms with E-state index in [0.717, 1.165) is 16.3 Å². The van der Waals surface area contributed by atoms with Crippen LogP contribution in [0.25, 0.3) is 0 Å². The van der Waals surface area contributed by atoms with Crippen LogP contribution in [0.4, 0.5) is 5.69 Å². The van der Waals surface area contributed by atoms with E-state index in [1.165, 1.54) is 36.3 Å². The number of amides is 2. The lowest BCUT2D eigenvalue weighted by Gasteiger charge is -2.33. The predicted molar refractivity (Wildman–Crippen MR) is 160 cm³/mol. The van der Waals surface area contributed by atoms with Gasteiger partial charge in [0, 0.05) is 18.1 Å². The van der Waals surface area contributed by atoms with Gasteiger partial charge in [0.05, 0.1) is 24.8 Å². The normalized spacial score (nSPS) is 11.8. The molecule has 0 saturated heterocycles. The number of nitrogens with one attached hydrogen (secondary N) is 1. The van der Waals surface area contributed by atoms with Gasteiger partial charge in [-0.3, -0.25) is 13.9 Å². The highest BCUT2D eigenvalue weighted by Crippen LogP contribution is 2.35. The van der Waals surface area contributed by atoms with Gasteiger partial charge >= 0.3 is 0 Å². The van der Waals surface area contributed by atoms with Crippen molar-refractivity contribution >= 4 is 39.1 Å². The number of ether oxygens (including phenoxy) is 2. The molecule has 0 saturated carbocycles. The molecular weight excluding hydrogens is 566 g/mol. The second kappa shape index (κ2) is 14.7. The molecule has 9 nitrogen and oxygen atoms in total. The van der Waals surface area contributed by atoms with Crippen molar-refractivity contribution in [1.29, 1.82) is 0 Å². The van der Waals surface area contributed by atoms with Crippen LogP contribution in [0.1, 0.15) is 32.3 Å². The zero-order chi connectivity index (χ0) is 30.0. The van der Waals surface area contributed by atoms with E-state index in [2.05, 4.69) is 5.32 Å². The van der Waals surface area contributed by atoms with E-state index in [4.69, 9.17) is 21.1 Å². The van der Waals surface area contributed by atoms with Gasteiger partial charge in [0.1, 0.15) is 24.1 Å². The standard InChI is InChI=1S/C30H36ClN3O6S/c1-5-18-32-30(36)26(6-2)33(20-22-12-15-24(39-3)16-13-22)29(35)21-34(27-19-23(31)14-17-28(27)40-4)41(37,38)25-10-8-7-9-11-25/h7-17,19,26H,5-6,18,20-21H2,1-4H3,(H,32,36)/t26-/m0/s1. The molecule has 0 fully saturated rings. The molecule has 0 unspecified atom stereocenters. The maximum absolute atomic E-state index is 14.1. The van der Waals surface area contributed by atoms with Crippen LogP contribution in [-0.2, 0) is 26.2 Å². The van der Waals surface area contributed by atoms with E-state index in [1.807, 2.05) is 13.8 Å². The summed E-state index contributed by atoms with van der Waals surface area (Å²) in [5.41, 5.74) is 0.851. The fraction of sp³-hybridized carbons (Fsp3) is 0.333. The molecule has 0 bridgehead atoms. The summed E-state index contributed by atoms with van der Waals surface area (Å²) in [5, 5.41) is 3.13. The first-order valence-electron chi connectivity index (χ1n) is 13.3. The molecule has 0 aliphatic heterocycles. The van der Waals surface area contributed by atoms with Gasteiger partial charge in [-0.25, -0.2) is 8.42 Å². The van der Waals surface area contributed by atoms with Gasteiger partial charge in [-0.2, -0.15) is 0 Å². The summed E-state index contributed by atoms with van der Waals surface area (Å²) in [6.07, 6.45) is 1.05. The van der Waals surface area contributed by atoms with Crippen molar-refractivity contribution in [3.8, 4) is 11.5 Å². The van der Waals surface area contributed by atoms with Crippen LogP contribution in [0, 0.1) is 0 Å². The summed E-state index contributed by atoms with van der Waals surface area (Å²) in [5.74, 6) is -0.0152. The van der Waals surface area contributed by atoms with Gasteiger partial charge in [-0.1, -0.05) is 55.8 Å². The van der Waals surface area contributed by atoms with E-state index >= 15 is 0 Å². The number of halogens is 1. The highest BCUT2D eigenvalue weighted by Gasteiger charge is 2.34. The Morgan fingerprint density at radius 2 is 1.63 bits per heavy atom. The van der Waals surface area contributed by atoms with Crippen molar-refractivity contribution in [1.82, 2.24) is 10.2 Å². The monoisotopic (exact) mass is 601 g/mol. The summed E-state index contributed by atoms with van der Waals surface area (Å²) in [6.45, 7) is 3.68. The maximum atomic E-state index is 14.1. The number of anilines is 1. The van der Waals surface area contributed by atoms with E-state index < -0.39 is 28.5 Å². The second-order valence-electron chi connectivity index (χ2n) is 9.23. The lowest BCUT2D eigenvalue weighted by molar-refractivity contribution is -0.140. The number of rotatable bonds is 14. The minimum atomic E-state index is -4.25. The summed E-state index contributed by atoms with van der Waals surface area (Å²) >= 11 is 6.27. The zero-order valence-electron chi connectivity index (χ0n) is 23.7. The van der Waals surface area contributed by atoms with Crippen LogP contribution in [0.5, 0.6) is 11.5 Å². The minimum absolute atomic E-state index is 0.00994. The summed E-state index contributed by atoms with van der Waals surface area (Å²) in [7, 11) is -1.29. The SMILES string of the molecule is CCCNC(=O)[C@H](CC)N(Cc1ccc(OC)cc1)C(=O)CN(c1cc(Cl)ccc1OC)S(=O)(=O)c1ccccc1. The molecule has 2 amide bonds. The van der Waals surface area contributed by atoms with Crippen LogP contribution >= 0.6 is 11.6 Å². The Morgan fingerprint density at radius 1 is 0.951 bits per heavy atom. The Balaban J connectivity index is 2.10. The lowest BCUT2D eigenvalue weighted by atomic mass is 10.1. The van der Waals surface area contributed by atoms with E-state index in [0.29, 0.717) is 18.7 Å². The first-order valence-corrected chi connectivity index (χ1v) is 15.1. The predicted octanol–water partition coefficient (Wildman–Crippen LogP) is 4.89. The molecule has 3 aromatic rings. The maximum Gasteiger partial charge on any atom is 0.264 e. The molecule has 0 aliphatic rings. The van der Waals surface area contributed by atoms with Gasteiger partial charge in [0.2, 0.25) is 11.8 Å². The Kier molecular flexibility index (Phi) is 11.4. The molecule has 220 valence electrons. The van der Waals surface area contributed by atoms with Crippen molar-refractivity contribution in [3.05, 3.63) is 83.4 Å². The van der Waals surface area contributed by atoms with Crippen molar-refractivity contribution in [3.63, 3.8) is 0 Å². The quantitative estimate of drug-likeness (QED) is 0.282. The van der Waals surface area contributed by atoms with Crippen LogP contribution in [0.2, 0.25) is 5.02 Å². The number of sulfonamides is 1. The largest absolute Gasteiger partial charge is 0.497 e. The number of carbonyl (C=O) groups excluding carboxylic acids is 2. The van der Waals surface area contributed by atoms with Gasteiger partial charge in [-0.15, -0.1) is 0 Å². The first-order chi connectivity index (χ1) is 19.7. The van der Waals surface area contributed by atoms with E-state index in [-0.39, 0.29) is 33.8 Å². The Labute approximate surface area is 247 Å². The molecule has 0 spiro atoms. The smallest absolute Gasteiger partial charge is 0.264 e. The number of carbonyl (C=O) groups is 2. The molecule has 1 N–H and O–H groups in total. The summed E-state index contributed by atoms with van der Waals surface area (Å²) in [6, 6.07) is 18.6. The number of methoxy groups -OCH3 is 2. The average Bonchev–Trinajstić information content (AvgIpc) is 2.99. The number of benzene rings is 3. The molecule has 0 aromatic heterocycles. The van der Waals surface area contributed by atoms with Gasteiger partial charge < -0.3 is 19.7 Å². The molecule has 0 aliphatic carbocycles. The zero-order valence-corrected chi connectivity index (χ0v) is 25.2. The van der Waals surface area contributed by atoms with Crippen molar-refractivity contribution in [2.24, 2.45) is 0 Å². The fourth-order valence-corrected chi connectivity index (χ4v) is 5.91. The third-order valence-corrected chi connectivity index (χ3v) is 8.48. The van der Waals surface area contributed by atoms with E-state index in [1.54, 1.807) is 55.6 Å².